The second-order valence-corrected chi connectivity index (χ2v) is 8.79. The molecule has 0 saturated carbocycles. The number of benzene rings is 1. The van der Waals surface area contributed by atoms with Crippen molar-refractivity contribution in [2.75, 3.05) is 7.11 Å². The van der Waals surface area contributed by atoms with Gasteiger partial charge in [-0.05, 0) is 25.1 Å². The summed E-state index contributed by atoms with van der Waals surface area (Å²) in [6, 6.07) is 5.72. The molecule has 36 heavy (non-hydrogen) atoms. The van der Waals surface area contributed by atoms with Crippen LogP contribution in [0, 0.1) is 11.7 Å². The van der Waals surface area contributed by atoms with E-state index in [4.69, 9.17) is 9.47 Å². The van der Waals surface area contributed by atoms with Crippen molar-refractivity contribution in [2.45, 2.75) is 50.7 Å². The van der Waals surface area contributed by atoms with Gasteiger partial charge in [0.05, 0.1) is 30.5 Å². The lowest BCUT2D eigenvalue weighted by Gasteiger charge is -2.32. The molecule has 3 aromatic rings. The van der Waals surface area contributed by atoms with E-state index in [-0.39, 0.29) is 28.0 Å². The number of aromatic nitrogens is 2. The zero-order valence-corrected chi connectivity index (χ0v) is 19.3. The van der Waals surface area contributed by atoms with Gasteiger partial charge in [-0.3, -0.25) is 4.79 Å². The van der Waals surface area contributed by atoms with Gasteiger partial charge in [-0.1, -0.05) is 13.0 Å². The Hall–Kier alpha value is -3.12. The number of aliphatic hydroxyl groups is 1. The van der Waals surface area contributed by atoms with Gasteiger partial charge in [0, 0.05) is 29.2 Å². The number of methoxy groups -OCH3 is 1. The van der Waals surface area contributed by atoms with E-state index in [1.54, 1.807) is 0 Å². The van der Waals surface area contributed by atoms with Crippen molar-refractivity contribution in [2.24, 2.45) is 5.92 Å². The summed E-state index contributed by atoms with van der Waals surface area (Å²) in [6.45, 7) is 1.66. The molecule has 0 spiro atoms. The van der Waals surface area contributed by atoms with E-state index in [9.17, 15) is 36.2 Å². The lowest BCUT2D eigenvalue weighted by molar-refractivity contribution is -0.275. The Balaban J connectivity index is 1.96. The molecule has 1 aliphatic heterocycles. The SMILES string of the molecule is COc1c([C@H]2[C@H](c3cc(=O)c4nc(CO)ccc4[nH]3)O[C@@](C)(C(F)(F)F)[C@H]2C)ccc(F)c1C(F)F. The van der Waals surface area contributed by atoms with E-state index in [1.807, 2.05) is 0 Å². The van der Waals surface area contributed by atoms with Gasteiger partial charge in [0.2, 0.25) is 5.43 Å². The van der Waals surface area contributed by atoms with Crippen LogP contribution in [0.1, 0.15) is 54.8 Å². The fourth-order valence-corrected chi connectivity index (χ4v) is 4.78. The van der Waals surface area contributed by atoms with Gasteiger partial charge < -0.3 is 19.6 Å². The molecule has 2 N–H and O–H groups in total. The quantitative estimate of drug-likeness (QED) is 0.449. The Kier molecular flexibility index (Phi) is 6.54. The van der Waals surface area contributed by atoms with E-state index in [1.165, 1.54) is 19.1 Å². The third-order valence-electron chi connectivity index (χ3n) is 6.84. The second-order valence-electron chi connectivity index (χ2n) is 8.79. The molecule has 0 radical (unpaired) electrons. The Labute approximate surface area is 200 Å². The summed E-state index contributed by atoms with van der Waals surface area (Å²) in [6.07, 6.45) is -9.63. The predicted octanol–water partition coefficient (Wildman–Crippen LogP) is 5.31. The number of rotatable bonds is 5. The number of alkyl halides is 5. The molecule has 0 bridgehead atoms. The Morgan fingerprint density at radius 1 is 1.25 bits per heavy atom. The molecule has 0 aliphatic carbocycles. The van der Waals surface area contributed by atoms with E-state index < -0.39 is 65.3 Å². The minimum Gasteiger partial charge on any atom is -0.496 e. The topological polar surface area (TPSA) is 84.4 Å². The molecule has 194 valence electrons. The summed E-state index contributed by atoms with van der Waals surface area (Å²) in [5.41, 5.74) is -4.30. The van der Waals surface area contributed by atoms with E-state index in [0.717, 1.165) is 32.2 Å². The molecule has 0 amide bonds. The molecule has 4 atom stereocenters. The zero-order chi connectivity index (χ0) is 26.6. The number of nitrogens with one attached hydrogen (secondary N) is 1. The Bertz CT molecular complexity index is 1360. The molecule has 1 fully saturated rings. The maximum absolute atomic E-state index is 14.3. The first-order valence-corrected chi connectivity index (χ1v) is 10.9. The monoisotopic (exact) mass is 516 g/mol. The van der Waals surface area contributed by atoms with Crippen LogP contribution < -0.4 is 10.2 Å². The average Bonchev–Trinajstić information content (AvgIpc) is 3.10. The Morgan fingerprint density at radius 3 is 2.53 bits per heavy atom. The first-order valence-electron chi connectivity index (χ1n) is 10.9. The summed E-state index contributed by atoms with van der Waals surface area (Å²) in [5, 5.41) is 9.28. The lowest BCUT2D eigenvalue weighted by Crippen LogP contribution is -2.46. The molecule has 12 heteroatoms. The van der Waals surface area contributed by atoms with Crippen LogP contribution in [-0.4, -0.2) is 34.0 Å². The van der Waals surface area contributed by atoms with Gasteiger partial charge in [0.25, 0.3) is 6.43 Å². The fourth-order valence-electron chi connectivity index (χ4n) is 4.78. The number of ether oxygens (including phenoxy) is 2. The van der Waals surface area contributed by atoms with E-state index >= 15 is 0 Å². The van der Waals surface area contributed by atoms with Crippen molar-refractivity contribution < 1.29 is 40.9 Å². The van der Waals surface area contributed by atoms with Crippen molar-refractivity contribution in [3.8, 4) is 5.75 Å². The first-order chi connectivity index (χ1) is 16.8. The Morgan fingerprint density at radius 2 is 1.94 bits per heavy atom. The highest BCUT2D eigenvalue weighted by molar-refractivity contribution is 5.74. The van der Waals surface area contributed by atoms with Crippen LogP contribution in [0.5, 0.6) is 5.75 Å². The third kappa shape index (κ3) is 4.01. The average molecular weight is 516 g/mol. The summed E-state index contributed by atoms with van der Waals surface area (Å²) < 4.78 is 94.9. The van der Waals surface area contributed by atoms with E-state index in [0.29, 0.717) is 0 Å². The van der Waals surface area contributed by atoms with E-state index in [2.05, 4.69) is 9.97 Å². The van der Waals surface area contributed by atoms with Crippen molar-refractivity contribution in [1.82, 2.24) is 9.97 Å². The minimum atomic E-state index is -4.87. The van der Waals surface area contributed by atoms with Crippen LogP contribution in [-0.2, 0) is 11.3 Å². The molecular formula is C24H22F6N2O4. The molecule has 1 aromatic carbocycles. The third-order valence-corrected chi connectivity index (χ3v) is 6.84. The lowest BCUT2D eigenvalue weighted by atomic mass is 9.76. The zero-order valence-electron chi connectivity index (χ0n) is 19.3. The largest absolute Gasteiger partial charge is 0.496 e. The number of hydrogen-bond donors (Lipinski definition) is 2. The van der Waals surface area contributed by atoms with Crippen molar-refractivity contribution in [3.05, 3.63) is 68.9 Å². The molecule has 3 heterocycles. The second kappa shape index (κ2) is 9.07. The number of hydrogen-bond acceptors (Lipinski definition) is 5. The van der Waals surface area contributed by atoms with Crippen LogP contribution in [0.2, 0.25) is 0 Å². The van der Waals surface area contributed by atoms with Crippen LogP contribution in [0.15, 0.2) is 35.1 Å². The molecule has 2 aromatic heterocycles. The van der Waals surface area contributed by atoms with Gasteiger partial charge in [0.1, 0.15) is 23.2 Å². The maximum Gasteiger partial charge on any atom is 0.417 e. The summed E-state index contributed by atoms with van der Waals surface area (Å²) in [4.78, 5) is 19.7. The number of aromatic amines is 1. The molecule has 0 unspecified atom stereocenters. The smallest absolute Gasteiger partial charge is 0.417 e. The van der Waals surface area contributed by atoms with Crippen LogP contribution in [0.25, 0.3) is 11.0 Å². The predicted molar refractivity (Wildman–Crippen MR) is 116 cm³/mol. The minimum absolute atomic E-state index is 0.0502. The number of H-pyrrole nitrogens is 1. The summed E-state index contributed by atoms with van der Waals surface area (Å²) in [7, 11) is 1.02. The van der Waals surface area contributed by atoms with Crippen molar-refractivity contribution in [1.29, 1.82) is 0 Å². The number of halogens is 6. The normalized spacial score (nSPS) is 24.6. The van der Waals surface area contributed by atoms with Gasteiger partial charge in [-0.25, -0.2) is 18.2 Å². The number of fused-ring (bicyclic) bond motifs is 1. The van der Waals surface area contributed by atoms with Crippen LogP contribution in [0.4, 0.5) is 26.3 Å². The van der Waals surface area contributed by atoms with Crippen LogP contribution >= 0.6 is 0 Å². The van der Waals surface area contributed by atoms with Gasteiger partial charge in [0.15, 0.2) is 5.60 Å². The highest BCUT2D eigenvalue weighted by Crippen LogP contribution is 2.59. The first kappa shape index (κ1) is 26.0. The number of pyridine rings is 2. The standard InChI is InChI=1S/C24H22F6N2O4/c1-10-17(12-5-6-13(25)18(22(26)27)20(12)35-3)21(36-23(10,2)24(28,29)30)15-8-16(34)19-14(32-15)7-4-11(9-33)31-19/h4-8,10,17,21-22,33H,9H2,1-3H3,(H,32,34)/t10-,17-,21-,23+/m0/s1. The fraction of sp³-hybridized carbons (Fsp3) is 0.417. The van der Waals surface area contributed by atoms with Gasteiger partial charge in [-0.15, -0.1) is 0 Å². The molecular weight excluding hydrogens is 494 g/mol. The van der Waals surface area contributed by atoms with Gasteiger partial charge >= 0.3 is 6.18 Å². The summed E-state index contributed by atoms with van der Waals surface area (Å²) >= 11 is 0. The molecule has 1 aliphatic rings. The van der Waals surface area contributed by atoms with Gasteiger partial charge in [-0.2, -0.15) is 13.2 Å². The van der Waals surface area contributed by atoms with Crippen molar-refractivity contribution >= 4 is 11.0 Å². The van der Waals surface area contributed by atoms with Crippen molar-refractivity contribution in [3.63, 3.8) is 0 Å². The summed E-state index contributed by atoms with van der Waals surface area (Å²) in [5.74, 6) is -4.47. The maximum atomic E-state index is 14.3. The molecule has 1 saturated heterocycles. The van der Waals surface area contributed by atoms with Crippen LogP contribution in [0.3, 0.4) is 0 Å². The highest BCUT2D eigenvalue weighted by atomic mass is 19.4. The highest BCUT2D eigenvalue weighted by Gasteiger charge is 2.65. The molecule has 6 nitrogen and oxygen atoms in total. The number of aliphatic hydroxyl groups excluding tert-OH is 1. The molecule has 4 rings (SSSR count). The number of nitrogens with zero attached hydrogens (tertiary/aromatic N) is 1.